The number of carbonyl (C=O) groups is 1. The second-order valence-corrected chi connectivity index (χ2v) is 4.23. The second-order valence-electron chi connectivity index (χ2n) is 4.23. The van der Waals surface area contributed by atoms with Crippen LogP contribution in [0.1, 0.15) is 46.5 Å². The molecule has 0 aliphatic rings. The lowest BCUT2D eigenvalue weighted by molar-refractivity contribution is -0.122. The lowest BCUT2D eigenvalue weighted by Crippen LogP contribution is -2.15. The van der Waals surface area contributed by atoms with Crippen LogP contribution in [0, 0.1) is 11.8 Å². The minimum Gasteiger partial charge on any atom is -0.330 e. The molecular weight excluding hydrogens is 162 g/mol. The topological polar surface area (TPSA) is 43.1 Å². The van der Waals surface area contributed by atoms with Gasteiger partial charge in [-0.15, -0.1) is 0 Å². The number of rotatable bonds is 7. The van der Waals surface area contributed by atoms with E-state index in [9.17, 15) is 4.79 Å². The molecule has 1 atom stereocenters. The normalized spacial score (nSPS) is 13.3. The van der Waals surface area contributed by atoms with Gasteiger partial charge in [-0.25, -0.2) is 0 Å². The molecule has 2 heteroatoms. The molecule has 0 aromatic heterocycles. The van der Waals surface area contributed by atoms with Crippen LogP contribution in [0.2, 0.25) is 0 Å². The Hall–Kier alpha value is -0.370. The van der Waals surface area contributed by atoms with Crippen molar-refractivity contribution in [3.8, 4) is 0 Å². The average Bonchev–Trinajstić information content (AvgIpc) is 2.04. The van der Waals surface area contributed by atoms with Crippen molar-refractivity contribution in [2.45, 2.75) is 46.5 Å². The molecule has 0 rings (SSSR count). The minimum atomic E-state index is 0.164. The Morgan fingerprint density at radius 2 is 1.85 bits per heavy atom. The van der Waals surface area contributed by atoms with Crippen LogP contribution < -0.4 is 5.73 Å². The Morgan fingerprint density at radius 3 is 2.31 bits per heavy atom. The first-order valence-electron chi connectivity index (χ1n) is 5.30. The van der Waals surface area contributed by atoms with Gasteiger partial charge in [0.2, 0.25) is 0 Å². The van der Waals surface area contributed by atoms with Gasteiger partial charge in [-0.1, -0.05) is 27.2 Å². The second kappa shape index (κ2) is 7.07. The SMILES string of the molecule is CC(C)CCCC(=O)C(C)CCN. The van der Waals surface area contributed by atoms with Gasteiger partial charge in [0.1, 0.15) is 5.78 Å². The fourth-order valence-corrected chi connectivity index (χ4v) is 1.34. The number of Topliss-reactive ketones (excluding diaryl/α,β-unsaturated/α-hetero) is 1. The van der Waals surface area contributed by atoms with E-state index in [0.717, 1.165) is 25.7 Å². The van der Waals surface area contributed by atoms with Crippen LogP contribution in [0.4, 0.5) is 0 Å². The zero-order valence-electron chi connectivity index (χ0n) is 9.18. The summed E-state index contributed by atoms with van der Waals surface area (Å²) in [6.07, 6.45) is 3.76. The van der Waals surface area contributed by atoms with Gasteiger partial charge in [-0.3, -0.25) is 4.79 Å². The largest absolute Gasteiger partial charge is 0.330 e. The Morgan fingerprint density at radius 1 is 1.23 bits per heavy atom. The van der Waals surface area contributed by atoms with Crippen LogP contribution in [-0.2, 0) is 4.79 Å². The maximum Gasteiger partial charge on any atom is 0.135 e. The molecule has 0 fully saturated rings. The molecular formula is C11H23NO. The highest BCUT2D eigenvalue weighted by atomic mass is 16.1. The monoisotopic (exact) mass is 185 g/mol. The number of hydrogen-bond acceptors (Lipinski definition) is 2. The molecule has 0 heterocycles. The lowest BCUT2D eigenvalue weighted by atomic mass is 9.96. The van der Waals surface area contributed by atoms with Crippen LogP contribution >= 0.6 is 0 Å². The summed E-state index contributed by atoms with van der Waals surface area (Å²) < 4.78 is 0. The Labute approximate surface area is 81.9 Å². The molecule has 0 radical (unpaired) electrons. The van der Waals surface area contributed by atoms with Crippen molar-refractivity contribution in [1.29, 1.82) is 0 Å². The predicted molar refractivity (Wildman–Crippen MR) is 56.5 cm³/mol. The van der Waals surface area contributed by atoms with Crippen molar-refractivity contribution >= 4 is 5.78 Å². The Balaban J connectivity index is 3.50. The first-order valence-corrected chi connectivity index (χ1v) is 5.30. The van der Waals surface area contributed by atoms with Crippen molar-refractivity contribution in [3.63, 3.8) is 0 Å². The summed E-state index contributed by atoms with van der Waals surface area (Å²) in [6, 6.07) is 0. The van der Waals surface area contributed by atoms with Gasteiger partial charge in [0.05, 0.1) is 0 Å². The number of nitrogens with two attached hydrogens (primary N) is 1. The molecule has 0 saturated carbocycles. The quantitative estimate of drug-likeness (QED) is 0.661. The van der Waals surface area contributed by atoms with Crippen molar-refractivity contribution in [1.82, 2.24) is 0 Å². The van der Waals surface area contributed by atoms with E-state index in [1.165, 1.54) is 0 Å². The van der Waals surface area contributed by atoms with E-state index in [2.05, 4.69) is 13.8 Å². The maximum atomic E-state index is 11.5. The van der Waals surface area contributed by atoms with Gasteiger partial charge in [0.15, 0.2) is 0 Å². The summed E-state index contributed by atoms with van der Waals surface area (Å²) in [7, 11) is 0. The number of hydrogen-bond donors (Lipinski definition) is 1. The highest BCUT2D eigenvalue weighted by molar-refractivity contribution is 5.80. The molecule has 1 unspecified atom stereocenters. The van der Waals surface area contributed by atoms with E-state index in [1.54, 1.807) is 0 Å². The highest BCUT2D eigenvalue weighted by Crippen LogP contribution is 2.11. The zero-order valence-corrected chi connectivity index (χ0v) is 9.18. The van der Waals surface area contributed by atoms with Crippen molar-refractivity contribution in [2.75, 3.05) is 6.54 Å². The zero-order chi connectivity index (χ0) is 10.3. The molecule has 13 heavy (non-hydrogen) atoms. The Bertz CT molecular complexity index is 143. The summed E-state index contributed by atoms with van der Waals surface area (Å²) in [6.45, 7) is 6.98. The van der Waals surface area contributed by atoms with Crippen molar-refractivity contribution in [3.05, 3.63) is 0 Å². The van der Waals surface area contributed by atoms with Gasteiger partial charge >= 0.3 is 0 Å². The maximum absolute atomic E-state index is 11.5. The minimum absolute atomic E-state index is 0.164. The van der Waals surface area contributed by atoms with E-state index in [0.29, 0.717) is 18.2 Å². The molecule has 0 aromatic carbocycles. The van der Waals surface area contributed by atoms with E-state index < -0.39 is 0 Å². The van der Waals surface area contributed by atoms with Gasteiger partial charge in [-0.2, -0.15) is 0 Å². The van der Waals surface area contributed by atoms with Crippen LogP contribution in [0.25, 0.3) is 0 Å². The van der Waals surface area contributed by atoms with E-state index in [4.69, 9.17) is 5.73 Å². The number of ketones is 1. The highest BCUT2D eigenvalue weighted by Gasteiger charge is 2.11. The third-order valence-electron chi connectivity index (χ3n) is 2.35. The van der Waals surface area contributed by atoms with Crippen LogP contribution in [0.15, 0.2) is 0 Å². The summed E-state index contributed by atoms with van der Waals surface area (Å²) in [5.41, 5.74) is 5.39. The molecule has 0 aromatic rings. The van der Waals surface area contributed by atoms with Gasteiger partial charge in [-0.05, 0) is 25.3 Å². The molecule has 0 aliphatic carbocycles. The Kier molecular flexibility index (Phi) is 6.87. The van der Waals surface area contributed by atoms with Gasteiger partial charge in [0.25, 0.3) is 0 Å². The molecule has 0 bridgehead atoms. The first kappa shape index (κ1) is 12.6. The molecule has 78 valence electrons. The lowest BCUT2D eigenvalue weighted by Gasteiger charge is -2.09. The molecule has 0 aliphatic heterocycles. The molecule has 2 N–H and O–H groups in total. The molecule has 2 nitrogen and oxygen atoms in total. The van der Waals surface area contributed by atoms with E-state index in [-0.39, 0.29) is 5.92 Å². The summed E-state index contributed by atoms with van der Waals surface area (Å²) >= 11 is 0. The van der Waals surface area contributed by atoms with Gasteiger partial charge in [0, 0.05) is 12.3 Å². The number of carbonyl (C=O) groups excluding carboxylic acids is 1. The molecule has 0 spiro atoms. The summed E-state index contributed by atoms with van der Waals surface area (Å²) in [4.78, 5) is 11.5. The predicted octanol–water partition coefficient (Wildman–Crippen LogP) is 2.37. The molecule has 0 amide bonds. The fraction of sp³-hybridized carbons (Fsp3) is 0.909. The van der Waals surface area contributed by atoms with Gasteiger partial charge < -0.3 is 5.73 Å². The van der Waals surface area contributed by atoms with Crippen LogP contribution in [-0.4, -0.2) is 12.3 Å². The van der Waals surface area contributed by atoms with E-state index in [1.807, 2.05) is 6.92 Å². The van der Waals surface area contributed by atoms with E-state index >= 15 is 0 Å². The van der Waals surface area contributed by atoms with Crippen molar-refractivity contribution < 1.29 is 4.79 Å². The summed E-state index contributed by atoms with van der Waals surface area (Å²) in [5.74, 6) is 1.25. The first-order chi connectivity index (χ1) is 6.07. The average molecular weight is 185 g/mol. The third-order valence-corrected chi connectivity index (χ3v) is 2.35. The fourth-order valence-electron chi connectivity index (χ4n) is 1.34. The standard InChI is InChI=1S/C11H23NO/c1-9(2)5-4-6-11(13)10(3)7-8-12/h9-10H,4-8,12H2,1-3H3. The van der Waals surface area contributed by atoms with Crippen LogP contribution in [0.5, 0.6) is 0 Å². The van der Waals surface area contributed by atoms with Crippen molar-refractivity contribution in [2.24, 2.45) is 17.6 Å². The van der Waals surface area contributed by atoms with Crippen LogP contribution in [0.3, 0.4) is 0 Å². The third kappa shape index (κ3) is 6.76. The molecule has 0 saturated heterocycles. The smallest absolute Gasteiger partial charge is 0.135 e. The summed E-state index contributed by atoms with van der Waals surface area (Å²) in [5, 5.41) is 0.